The molecule has 6 heteroatoms. The number of benzene rings is 2. The van der Waals surface area contributed by atoms with Crippen molar-refractivity contribution in [1.82, 2.24) is 5.32 Å². The molecule has 0 spiro atoms. The first-order chi connectivity index (χ1) is 11.4. The van der Waals surface area contributed by atoms with Crippen LogP contribution < -0.4 is 22.5 Å². The second-order valence-electron chi connectivity index (χ2n) is 5.36. The summed E-state index contributed by atoms with van der Waals surface area (Å²) in [5.41, 5.74) is 19.6. The topological polar surface area (TPSA) is 124 Å². The molecule has 0 radical (unpaired) electrons. The highest BCUT2D eigenvalue weighted by molar-refractivity contribution is 5.74. The minimum absolute atomic E-state index is 0.0215. The molecule has 0 heterocycles. The Morgan fingerprint density at radius 3 is 1.75 bits per heavy atom. The third kappa shape index (κ3) is 8.43. The van der Waals surface area contributed by atoms with Gasteiger partial charge in [-0.3, -0.25) is 9.59 Å². The lowest BCUT2D eigenvalue weighted by Crippen LogP contribution is -2.18. The Bertz CT molecular complexity index is 592. The third-order valence-corrected chi connectivity index (χ3v) is 3.16. The van der Waals surface area contributed by atoms with Crippen molar-refractivity contribution in [2.45, 2.75) is 26.3 Å². The zero-order chi connectivity index (χ0) is 17.9. The third-order valence-electron chi connectivity index (χ3n) is 3.16. The average Bonchev–Trinajstić information content (AvgIpc) is 2.54. The van der Waals surface area contributed by atoms with Crippen LogP contribution in [0.2, 0.25) is 0 Å². The molecule has 24 heavy (non-hydrogen) atoms. The molecule has 0 aliphatic carbocycles. The largest absolute Gasteiger partial charge is 0.399 e. The van der Waals surface area contributed by atoms with E-state index < -0.39 is 0 Å². The number of anilines is 2. The highest BCUT2D eigenvalue weighted by Crippen LogP contribution is 2.07. The normalized spacial score (nSPS) is 9.54. The van der Waals surface area contributed by atoms with Gasteiger partial charge in [0.25, 0.3) is 0 Å². The number of amides is 2. The Morgan fingerprint density at radius 2 is 1.33 bits per heavy atom. The van der Waals surface area contributed by atoms with Crippen molar-refractivity contribution in [3.8, 4) is 0 Å². The molecule has 0 fully saturated rings. The van der Waals surface area contributed by atoms with Crippen molar-refractivity contribution in [3.63, 3.8) is 0 Å². The molecule has 0 bridgehead atoms. The van der Waals surface area contributed by atoms with E-state index in [9.17, 15) is 9.59 Å². The highest BCUT2D eigenvalue weighted by atomic mass is 16.1. The smallest absolute Gasteiger partial charge is 0.217 e. The number of carbonyl (C=O) groups excluding carboxylic acids is 2. The van der Waals surface area contributed by atoms with E-state index in [1.807, 2.05) is 48.5 Å². The maximum atomic E-state index is 10.5. The van der Waals surface area contributed by atoms with E-state index in [2.05, 4.69) is 5.32 Å². The van der Waals surface area contributed by atoms with Crippen molar-refractivity contribution < 1.29 is 9.59 Å². The minimum atomic E-state index is -0.271. The fraction of sp³-hybridized carbons (Fsp3) is 0.222. The summed E-state index contributed by atoms with van der Waals surface area (Å²) >= 11 is 0. The maximum Gasteiger partial charge on any atom is 0.217 e. The number of carbonyl (C=O) groups is 2. The van der Waals surface area contributed by atoms with Crippen LogP contribution in [0.1, 0.15) is 24.5 Å². The first kappa shape index (κ1) is 19.0. The molecule has 2 aromatic rings. The van der Waals surface area contributed by atoms with E-state index >= 15 is 0 Å². The number of nitrogens with two attached hydrogens (primary N) is 3. The molecule has 0 saturated heterocycles. The fourth-order valence-corrected chi connectivity index (χ4v) is 1.81. The molecule has 128 valence electrons. The molecule has 0 aliphatic heterocycles. The molecule has 2 rings (SSSR count). The van der Waals surface area contributed by atoms with Crippen molar-refractivity contribution >= 4 is 23.2 Å². The van der Waals surface area contributed by atoms with Gasteiger partial charge in [-0.1, -0.05) is 24.3 Å². The van der Waals surface area contributed by atoms with Crippen LogP contribution in [0.5, 0.6) is 0 Å². The molecule has 0 saturated carbocycles. The molecule has 0 atom stereocenters. The Balaban J connectivity index is 0.000000240. The number of primary amides is 1. The molecule has 6 nitrogen and oxygen atoms in total. The quantitative estimate of drug-likeness (QED) is 0.622. The fourth-order valence-electron chi connectivity index (χ4n) is 1.81. The Morgan fingerprint density at radius 1 is 0.875 bits per heavy atom. The zero-order valence-corrected chi connectivity index (χ0v) is 13.8. The van der Waals surface area contributed by atoms with Gasteiger partial charge in [-0.15, -0.1) is 0 Å². The number of nitrogen functional groups attached to an aromatic ring is 2. The molecule has 0 aromatic heterocycles. The van der Waals surface area contributed by atoms with E-state index in [4.69, 9.17) is 17.2 Å². The summed E-state index contributed by atoms with van der Waals surface area (Å²) in [6.07, 6.45) is 1.08. The minimum Gasteiger partial charge on any atom is -0.399 e. The van der Waals surface area contributed by atoms with Crippen LogP contribution in [0.3, 0.4) is 0 Å². The second-order valence-corrected chi connectivity index (χ2v) is 5.36. The lowest BCUT2D eigenvalue weighted by molar-refractivity contribution is -0.119. The van der Waals surface area contributed by atoms with Gasteiger partial charge in [0.05, 0.1) is 0 Å². The van der Waals surface area contributed by atoms with Crippen LogP contribution >= 0.6 is 0 Å². The standard InChI is InChI=1S/2C9H12N2O/c1-7(12)11-6-8-2-4-9(10)5-3-8;10-8-4-1-7(2-5-8)3-6-9(11)12/h2-5H,6,10H2,1H3,(H,11,12);1-2,4-5H,3,6,10H2,(H2,11,12). The lowest BCUT2D eigenvalue weighted by Gasteiger charge is -2.01. The molecular formula is C18H24N4O2. The first-order valence-corrected chi connectivity index (χ1v) is 7.58. The molecule has 0 aliphatic rings. The molecule has 2 aromatic carbocycles. The van der Waals surface area contributed by atoms with Gasteiger partial charge in [-0.25, -0.2) is 0 Å². The maximum absolute atomic E-state index is 10.5. The van der Waals surface area contributed by atoms with E-state index in [-0.39, 0.29) is 11.8 Å². The molecule has 7 N–H and O–H groups in total. The summed E-state index contributed by atoms with van der Waals surface area (Å²) in [6.45, 7) is 2.06. The monoisotopic (exact) mass is 328 g/mol. The van der Waals surface area contributed by atoms with Crippen molar-refractivity contribution in [2.24, 2.45) is 5.73 Å². The van der Waals surface area contributed by atoms with Gasteiger partial charge < -0.3 is 22.5 Å². The Labute approximate surface area is 142 Å². The molecule has 0 unspecified atom stereocenters. The van der Waals surface area contributed by atoms with Crippen LogP contribution in [0, 0.1) is 0 Å². The van der Waals surface area contributed by atoms with Crippen molar-refractivity contribution in [3.05, 3.63) is 59.7 Å². The summed E-state index contributed by atoms with van der Waals surface area (Å²) < 4.78 is 0. The first-order valence-electron chi connectivity index (χ1n) is 7.58. The average molecular weight is 328 g/mol. The molecule has 2 amide bonds. The van der Waals surface area contributed by atoms with Crippen LogP contribution in [0.25, 0.3) is 0 Å². The second kappa shape index (κ2) is 9.89. The van der Waals surface area contributed by atoms with Gasteiger partial charge in [0.2, 0.25) is 11.8 Å². The summed E-state index contributed by atoms with van der Waals surface area (Å²) in [4.78, 5) is 21.0. The van der Waals surface area contributed by atoms with Crippen molar-refractivity contribution in [2.75, 3.05) is 11.5 Å². The van der Waals surface area contributed by atoms with E-state index in [1.165, 1.54) is 6.92 Å². The predicted molar refractivity (Wildman–Crippen MR) is 96.7 cm³/mol. The van der Waals surface area contributed by atoms with Gasteiger partial charge in [0, 0.05) is 31.3 Å². The van der Waals surface area contributed by atoms with E-state index in [0.29, 0.717) is 19.4 Å². The number of hydrogen-bond donors (Lipinski definition) is 4. The van der Waals surface area contributed by atoms with E-state index in [0.717, 1.165) is 22.5 Å². The summed E-state index contributed by atoms with van der Waals surface area (Å²) in [6, 6.07) is 14.9. The number of rotatable bonds is 5. The van der Waals surface area contributed by atoms with E-state index in [1.54, 1.807) is 0 Å². The van der Waals surface area contributed by atoms with Gasteiger partial charge in [-0.05, 0) is 41.8 Å². The Hall–Kier alpha value is -3.02. The van der Waals surface area contributed by atoms with Gasteiger partial charge in [0.1, 0.15) is 0 Å². The van der Waals surface area contributed by atoms with Gasteiger partial charge >= 0.3 is 0 Å². The Kier molecular flexibility index (Phi) is 7.84. The number of aryl methyl sites for hydroxylation is 1. The predicted octanol–water partition coefficient (Wildman–Crippen LogP) is 1.59. The zero-order valence-electron chi connectivity index (χ0n) is 13.8. The summed E-state index contributed by atoms with van der Waals surface area (Å²) in [7, 11) is 0. The highest BCUT2D eigenvalue weighted by Gasteiger charge is 1.96. The van der Waals surface area contributed by atoms with Crippen LogP contribution in [0.15, 0.2) is 48.5 Å². The van der Waals surface area contributed by atoms with Crippen LogP contribution in [-0.2, 0) is 22.6 Å². The summed E-state index contributed by atoms with van der Waals surface area (Å²) in [5, 5.41) is 2.70. The lowest BCUT2D eigenvalue weighted by atomic mass is 10.1. The van der Waals surface area contributed by atoms with Gasteiger partial charge in [0.15, 0.2) is 0 Å². The van der Waals surface area contributed by atoms with Crippen LogP contribution in [0.4, 0.5) is 11.4 Å². The number of hydrogen-bond acceptors (Lipinski definition) is 4. The van der Waals surface area contributed by atoms with Crippen molar-refractivity contribution in [1.29, 1.82) is 0 Å². The summed E-state index contributed by atoms with van der Waals surface area (Å²) in [5.74, 6) is -0.293. The SMILES string of the molecule is CC(=O)NCc1ccc(N)cc1.NC(=O)CCc1ccc(N)cc1. The molecular weight excluding hydrogens is 304 g/mol. The van der Waals surface area contributed by atoms with Crippen LogP contribution in [-0.4, -0.2) is 11.8 Å². The van der Waals surface area contributed by atoms with Gasteiger partial charge in [-0.2, -0.15) is 0 Å². The number of nitrogens with one attached hydrogen (secondary N) is 1.